The number of hydrogen-bond acceptors (Lipinski definition) is 12. The Bertz CT molecular complexity index is 7590. The van der Waals surface area contributed by atoms with Gasteiger partial charge in [-0.1, -0.05) is 250 Å². The van der Waals surface area contributed by atoms with Crippen molar-refractivity contribution >= 4 is 79.6 Å². The van der Waals surface area contributed by atoms with E-state index in [-0.39, 0.29) is 5.41 Å². The number of hydrogen-bond donors (Lipinski definition) is 0. The van der Waals surface area contributed by atoms with Crippen molar-refractivity contribution in [3.63, 3.8) is 0 Å². The van der Waals surface area contributed by atoms with Crippen LogP contribution in [0, 0.1) is 0 Å². The quantitative estimate of drug-likeness (QED) is 0.158. The summed E-state index contributed by atoms with van der Waals surface area (Å²) in [5.41, 5.74) is 33.3. The Morgan fingerprint density at radius 2 is 0.792 bits per heavy atom. The number of para-hydroxylation sites is 5. The Hall–Kier alpha value is -14.7. The molecular formula is C108H67N7O3S2. The van der Waals surface area contributed by atoms with Crippen LogP contribution in [-0.2, 0) is 16.2 Å². The molecule has 2 unspecified atom stereocenters. The minimum Gasteiger partial charge on any atom is -0.456 e. The highest BCUT2D eigenvalue weighted by atomic mass is 32.2. The Morgan fingerprint density at radius 1 is 0.283 bits per heavy atom. The third-order valence-corrected chi connectivity index (χ3v) is 27.9. The molecule has 120 heavy (non-hydrogen) atoms. The van der Waals surface area contributed by atoms with Gasteiger partial charge in [0.05, 0.1) is 66.1 Å². The van der Waals surface area contributed by atoms with Crippen LogP contribution >= 0.6 is 23.5 Å². The molecule has 4 aliphatic heterocycles. The van der Waals surface area contributed by atoms with Gasteiger partial charge in [0.1, 0.15) is 22.7 Å². The number of furan rings is 1. The molecule has 10 heterocycles. The van der Waals surface area contributed by atoms with Crippen LogP contribution in [-0.4, -0.2) is 24.9 Å². The molecular weight excluding hydrogens is 1510 g/mol. The van der Waals surface area contributed by atoms with Gasteiger partial charge in [-0.25, -0.2) is 0 Å². The number of fused-ring (bicyclic) bond motifs is 30. The van der Waals surface area contributed by atoms with E-state index in [1.165, 1.54) is 48.7 Å². The molecule has 26 rings (SSSR count). The lowest BCUT2D eigenvalue weighted by molar-refractivity contribution is 0.426. The first-order chi connectivity index (χ1) is 59.3. The van der Waals surface area contributed by atoms with E-state index >= 15 is 0 Å². The Labute approximate surface area is 700 Å². The molecule has 564 valence electrons. The molecule has 0 bridgehead atoms. The number of rotatable bonds is 6. The van der Waals surface area contributed by atoms with Crippen LogP contribution < -0.4 is 19.3 Å². The molecule has 6 aromatic heterocycles. The summed E-state index contributed by atoms with van der Waals surface area (Å²) in [5, 5.41) is 2.17. The van der Waals surface area contributed by atoms with Gasteiger partial charge in [0, 0.05) is 108 Å². The van der Waals surface area contributed by atoms with Crippen LogP contribution in [0.25, 0.3) is 100 Å². The number of anilines is 6. The van der Waals surface area contributed by atoms with Crippen molar-refractivity contribution < 1.29 is 13.9 Å². The van der Waals surface area contributed by atoms with Gasteiger partial charge in [0.2, 0.25) is 0 Å². The van der Waals surface area contributed by atoms with Crippen molar-refractivity contribution in [2.75, 3.05) is 9.80 Å². The molecule has 13 aromatic carbocycles. The van der Waals surface area contributed by atoms with Crippen LogP contribution in [0.5, 0.6) is 23.0 Å². The van der Waals surface area contributed by atoms with Gasteiger partial charge in [0.25, 0.3) is 0 Å². The summed E-state index contributed by atoms with van der Waals surface area (Å²) >= 11 is 3.56. The Balaban J connectivity index is 0.000000133. The molecule has 0 saturated carbocycles. The minimum absolute atomic E-state index is 0.132. The van der Waals surface area contributed by atoms with Gasteiger partial charge in [-0.15, -0.1) is 0 Å². The molecule has 12 heteroatoms. The number of aromatic nitrogens is 5. The van der Waals surface area contributed by atoms with E-state index in [2.05, 4.69) is 344 Å². The van der Waals surface area contributed by atoms with Gasteiger partial charge in [-0.3, -0.25) is 24.9 Å². The van der Waals surface area contributed by atoms with E-state index in [9.17, 15) is 0 Å². The van der Waals surface area contributed by atoms with Crippen LogP contribution in [0.2, 0.25) is 0 Å². The van der Waals surface area contributed by atoms with Crippen LogP contribution in [0.15, 0.2) is 395 Å². The SMILES string of the molecule is CC1(C)c2ccccc2-c2ccc(N3c4ccccc4Sc4c3ccc3c4Oc4ccccc4C34c3cccnc3-c3ncc(-c5ccccc5-c5ccncc5)cc34)cc21.c1ccc(-c2ccccc2-c2cnc3c(c2)C2(c4ccccc4Sc4c2ccc2c4Oc4ccccc4N2c2ccc4oc5ccccc5c4c2)c2cccnc2-3)cc1. The average molecular weight is 1570 g/mol. The topological polar surface area (TPSA) is 103 Å². The third kappa shape index (κ3) is 9.73. The first-order valence-electron chi connectivity index (χ1n) is 40.5. The maximum absolute atomic E-state index is 7.24. The zero-order valence-electron chi connectivity index (χ0n) is 64.9. The van der Waals surface area contributed by atoms with E-state index in [4.69, 9.17) is 33.8 Å². The fourth-order valence-electron chi connectivity index (χ4n) is 20.4. The molecule has 0 amide bonds. The maximum atomic E-state index is 7.24. The molecule has 0 saturated heterocycles. The standard InChI is InChI=1S/C55H36N4OS.C53H31N3O2S/c1-54(2)40-15-6-5-14-38(40)39-22-21-35(31-44(39)54)59-46-18-8-10-20-49(46)61-53-47(59)24-23-43-52(53)60-48-19-9-7-16-41(48)55(43)42-17-11-27-57-50(42)51-45(55)30-34(32-58-51)37-13-4-3-12-36(37)33-25-28-56-29-26-33;1-2-13-32(14-3-1)35-15-4-5-16-36(35)33-29-42-50(55-31-33)49-40(19-12-28-54-49)53(42)39-18-7-11-23-48(39)59-52-41(53)25-26-44-51(52)58-47-22-10-8-20-43(47)56(44)34-24-27-46-38(30-34)37-17-6-9-21-45(37)57-46/h3-32H,1-2H3;1-31H. The predicted molar refractivity (Wildman–Crippen MR) is 481 cm³/mol. The average Bonchev–Trinajstić information content (AvgIpc) is 1.55. The summed E-state index contributed by atoms with van der Waals surface area (Å²) in [6, 6.07) is 119. The maximum Gasteiger partial charge on any atom is 0.165 e. The number of nitrogens with zero attached hydrogens (tertiary/aromatic N) is 7. The molecule has 0 radical (unpaired) electrons. The third-order valence-electron chi connectivity index (χ3n) is 25.6. The monoisotopic (exact) mass is 1570 g/mol. The molecule has 19 aromatic rings. The lowest BCUT2D eigenvalue weighted by Gasteiger charge is -2.42. The van der Waals surface area contributed by atoms with Gasteiger partial charge >= 0.3 is 0 Å². The summed E-state index contributed by atoms with van der Waals surface area (Å²) in [6.45, 7) is 4.70. The van der Waals surface area contributed by atoms with E-state index in [1.54, 1.807) is 23.5 Å². The second-order valence-electron chi connectivity index (χ2n) is 32.0. The number of ether oxygens (including phenoxy) is 2. The van der Waals surface area contributed by atoms with Crippen molar-refractivity contribution in [2.45, 2.75) is 49.7 Å². The largest absolute Gasteiger partial charge is 0.456 e. The Kier molecular flexibility index (Phi) is 14.9. The highest BCUT2D eigenvalue weighted by Crippen LogP contribution is 2.69. The summed E-state index contributed by atoms with van der Waals surface area (Å²) < 4.78 is 20.6. The molecule has 0 fully saturated rings. The minimum atomic E-state index is -0.752. The smallest absolute Gasteiger partial charge is 0.165 e. The second kappa shape index (κ2) is 26.2. The second-order valence-corrected chi connectivity index (χ2v) is 34.1. The predicted octanol–water partition coefficient (Wildman–Crippen LogP) is 28.0. The van der Waals surface area contributed by atoms with Crippen molar-refractivity contribution in [3.05, 3.63) is 426 Å². The van der Waals surface area contributed by atoms with Crippen molar-refractivity contribution in [2.24, 2.45) is 0 Å². The highest BCUT2D eigenvalue weighted by Gasteiger charge is 2.56. The lowest BCUT2D eigenvalue weighted by atomic mass is 9.66. The zero-order chi connectivity index (χ0) is 79.1. The molecule has 10 nitrogen and oxygen atoms in total. The lowest BCUT2D eigenvalue weighted by Crippen LogP contribution is -2.33. The van der Waals surface area contributed by atoms with Crippen molar-refractivity contribution in [1.29, 1.82) is 0 Å². The van der Waals surface area contributed by atoms with Gasteiger partial charge < -0.3 is 23.7 Å². The summed E-state index contributed by atoms with van der Waals surface area (Å²) in [5.74, 6) is 3.32. The summed E-state index contributed by atoms with van der Waals surface area (Å²) in [7, 11) is 0. The first-order valence-corrected chi connectivity index (χ1v) is 42.2. The molecule has 2 spiro atoms. The molecule has 7 aliphatic rings. The van der Waals surface area contributed by atoms with Crippen LogP contribution in [0.3, 0.4) is 0 Å². The molecule has 3 aliphatic carbocycles. The zero-order valence-corrected chi connectivity index (χ0v) is 66.5. The molecule has 2 atom stereocenters. The summed E-state index contributed by atoms with van der Waals surface area (Å²) in [6.07, 6.45) is 11.5. The summed E-state index contributed by atoms with van der Waals surface area (Å²) in [4.78, 5) is 34.3. The fourth-order valence-corrected chi connectivity index (χ4v) is 22.8. The van der Waals surface area contributed by atoms with Crippen molar-refractivity contribution in [1.82, 2.24) is 24.9 Å². The van der Waals surface area contributed by atoms with Gasteiger partial charge in [0.15, 0.2) is 11.5 Å². The van der Waals surface area contributed by atoms with Crippen LogP contribution in [0.4, 0.5) is 34.1 Å². The van der Waals surface area contributed by atoms with Crippen molar-refractivity contribution in [3.8, 4) is 101 Å². The van der Waals surface area contributed by atoms with E-state index in [1.807, 2.05) is 55.4 Å². The fraction of sp³-hybridized carbons (Fsp3) is 0.0463. The number of benzene rings is 13. The van der Waals surface area contributed by atoms with Gasteiger partial charge in [-0.05, 0) is 199 Å². The first kappa shape index (κ1) is 68.5. The molecule has 0 N–H and O–H groups in total. The number of pyridine rings is 5. The van der Waals surface area contributed by atoms with E-state index in [0.29, 0.717) is 0 Å². The van der Waals surface area contributed by atoms with Crippen LogP contribution in [0.1, 0.15) is 69.5 Å². The highest BCUT2D eigenvalue weighted by molar-refractivity contribution is 8.00. The normalized spacial score (nSPS) is 16.1. The van der Waals surface area contributed by atoms with E-state index < -0.39 is 10.8 Å². The Morgan fingerprint density at radius 3 is 1.52 bits per heavy atom. The van der Waals surface area contributed by atoms with Gasteiger partial charge in [-0.2, -0.15) is 0 Å². The van der Waals surface area contributed by atoms with E-state index in [0.717, 1.165) is 184 Å².